The number of hydrogen-bond donors (Lipinski definition) is 2. The third-order valence-electron chi connectivity index (χ3n) is 4.85. The van der Waals surface area contributed by atoms with Gasteiger partial charge in [0, 0.05) is 0 Å². The number of aliphatic hydroxyl groups excluding tert-OH is 1. The van der Waals surface area contributed by atoms with Gasteiger partial charge < -0.3 is 10.2 Å². The molecule has 0 heterocycles. The van der Waals surface area contributed by atoms with Crippen molar-refractivity contribution in [3.8, 4) is 5.75 Å². The van der Waals surface area contributed by atoms with E-state index >= 15 is 0 Å². The summed E-state index contributed by atoms with van der Waals surface area (Å²) in [5, 5.41) is 22.2. The highest BCUT2D eigenvalue weighted by Crippen LogP contribution is 2.24. The van der Waals surface area contributed by atoms with Crippen LogP contribution in [0.5, 0.6) is 5.75 Å². The third kappa shape index (κ3) is 4.83. The fourth-order valence-corrected chi connectivity index (χ4v) is 3.39. The zero-order chi connectivity index (χ0) is 17.6. The first-order valence-corrected chi connectivity index (χ1v) is 9.06. The molecule has 3 rings (SSSR count). The van der Waals surface area contributed by atoms with Gasteiger partial charge in [-0.3, -0.25) is 0 Å². The Morgan fingerprint density at radius 2 is 1.56 bits per heavy atom. The van der Waals surface area contributed by atoms with Crippen LogP contribution in [-0.2, 0) is 6.42 Å². The molecule has 0 saturated carbocycles. The number of aromatic hydroxyl groups is 1. The summed E-state index contributed by atoms with van der Waals surface area (Å²) in [5.74, 6) is 0.827. The lowest BCUT2D eigenvalue weighted by molar-refractivity contribution is 0.161. The van der Waals surface area contributed by atoms with Crippen molar-refractivity contribution in [1.82, 2.24) is 0 Å². The first-order chi connectivity index (χ1) is 12.1. The lowest BCUT2D eigenvalue weighted by atomic mass is 9.93. The minimum Gasteiger partial charge on any atom is -0.508 e. The fraction of sp³-hybridized carbons (Fsp3) is 0.304. The van der Waals surface area contributed by atoms with Crippen molar-refractivity contribution in [2.24, 2.45) is 5.92 Å². The summed E-state index contributed by atoms with van der Waals surface area (Å²) in [6, 6.07) is 22.0. The average Bonchev–Trinajstić information content (AvgIpc) is 2.62. The molecule has 0 aliphatic carbocycles. The molecule has 0 aromatic heterocycles. The number of phenols is 1. The Bertz CT molecular complexity index is 808. The van der Waals surface area contributed by atoms with Crippen LogP contribution in [0, 0.1) is 5.92 Å². The Morgan fingerprint density at radius 1 is 0.840 bits per heavy atom. The van der Waals surface area contributed by atoms with Crippen LogP contribution in [0.3, 0.4) is 0 Å². The highest BCUT2D eigenvalue weighted by atomic mass is 16.3. The third-order valence-corrected chi connectivity index (χ3v) is 4.85. The Balaban J connectivity index is 1.48. The van der Waals surface area contributed by atoms with Crippen LogP contribution in [-0.4, -0.2) is 10.2 Å². The van der Waals surface area contributed by atoms with E-state index in [0.29, 0.717) is 5.92 Å². The molecule has 0 aliphatic heterocycles. The minimum absolute atomic E-state index is 0.236. The van der Waals surface area contributed by atoms with Crippen molar-refractivity contribution in [2.45, 2.75) is 38.7 Å². The first-order valence-electron chi connectivity index (χ1n) is 9.06. The first kappa shape index (κ1) is 17.5. The second-order valence-corrected chi connectivity index (χ2v) is 7.03. The summed E-state index contributed by atoms with van der Waals surface area (Å²) in [5.41, 5.74) is 2.25. The standard InChI is InChI=1S/C23H26O2/c1-17(5-4-8-23(25)20-11-13-22(24)14-12-20)15-18-9-10-19-6-2-3-7-21(19)16-18/h2-3,6-7,9-14,16-17,23-25H,4-5,8,15H2,1H3. The number of fused-ring (bicyclic) bond motifs is 1. The highest BCUT2D eigenvalue weighted by Gasteiger charge is 2.10. The number of hydrogen-bond acceptors (Lipinski definition) is 2. The van der Waals surface area contributed by atoms with E-state index in [-0.39, 0.29) is 5.75 Å². The molecule has 2 N–H and O–H groups in total. The molecule has 0 fully saturated rings. The lowest BCUT2D eigenvalue weighted by Crippen LogP contribution is -2.02. The van der Waals surface area contributed by atoms with Crippen LogP contribution >= 0.6 is 0 Å². The Hall–Kier alpha value is -2.32. The number of phenolic OH excluding ortho intramolecular Hbond substituents is 1. The SMILES string of the molecule is CC(CCCC(O)c1ccc(O)cc1)Cc1ccc2ccccc2c1. The zero-order valence-electron chi connectivity index (χ0n) is 14.7. The van der Waals surface area contributed by atoms with Gasteiger partial charge in [-0.25, -0.2) is 0 Å². The summed E-state index contributed by atoms with van der Waals surface area (Å²) in [6.45, 7) is 2.28. The maximum absolute atomic E-state index is 10.3. The van der Waals surface area contributed by atoms with Crippen molar-refractivity contribution >= 4 is 10.8 Å². The van der Waals surface area contributed by atoms with E-state index in [0.717, 1.165) is 31.2 Å². The molecule has 3 aromatic carbocycles. The van der Waals surface area contributed by atoms with Crippen LogP contribution in [0.1, 0.15) is 43.4 Å². The quantitative estimate of drug-likeness (QED) is 0.588. The van der Waals surface area contributed by atoms with Crippen molar-refractivity contribution in [2.75, 3.05) is 0 Å². The van der Waals surface area contributed by atoms with Gasteiger partial charge in [0.2, 0.25) is 0 Å². The Kier molecular flexibility index (Phi) is 5.72. The molecule has 2 unspecified atom stereocenters. The molecule has 0 amide bonds. The van der Waals surface area contributed by atoms with Crippen LogP contribution in [0.25, 0.3) is 10.8 Å². The topological polar surface area (TPSA) is 40.5 Å². The van der Waals surface area contributed by atoms with Crippen LogP contribution < -0.4 is 0 Å². The monoisotopic (exact) mass is 334 g/mol. The molecule has 0 saturated heterocycles. The lowest BCUT2D eigenvalue weighted by Gasteiger charge is -2.15. The van der Waals surface area contributed by atoms with Crippen molar-refractivity contribution in [3.05, 3.63) is 77.9 Å². The maximum Gasteiger partial charge on any atom is 0.115 e. The van der Waals surface area contributed by atoms with Gasteiger partial charge in [-0.1, -0.05) is 74.4 Å². The van der Waals surface area contributed by atoms with E-state index in [4.69, 9.17) is 0 Å². The van der Waals surface area contributed by atoms with E-state index in [9.17, 15) is 10.2 Å². The average molecular weight is 334 g/mol. The molecule has 0 spiro atoms. The van der Waals surface area contributed by atoms with Gasteiger partial charge in [0.1, 0.15) is 5.75 Å². The second-order valence-electron chi connectivity index (χ2n) is 7.03. The van der Waals surface area contributed by atoms with E-state index in [2.05, 4.69) is 49.4 Å². The number of benzene rings is 3. The summed E-state index contributed by atoms with van der Waals surface area (Å²) in [4.78, 5) is 0. The largest absolute Gasteiger partial charge is 0.508 e. The van der Waals surface area contributed by atoms with E-state index in [1.807, 2.05) is 0 Å². The molecule has 25 heavy (non-hydrogen) atoms. The summed E-state index contributed by atoms with van der Waals surface area (Å²) < 4.78 is 0. The van der Waals surface area contributed by atoms with E-state index in [1.165, 1.54) is 16.3 Å². The molecule has 2 heteroatoms. The van der Waals surface area contributed by atoms with Crippen molar-refractivity contribution in [3.63, 3.8) is 0 Å². The van der Waals surface area contributed by atoms with Gasteiger partial charge >= 0.3 is 0 Å². The predicted molar refractivity (Wildman–Crippen MR) is 104 cm³/mol. The van der Waals surface area contributed by atoms with Gasteiger partial charge in [0.05, 0.1) is 6.10 Å². The van der Waals surface area contributed by atoms with Gasteiger partial charge in [0.15, 0.2) is 0 Å². The predicted octanol–water partition coefficient (Wildman–Crippen LogP) is 5.63. The molecular formula is C23H26O2. The minimum atomic E-state index is -0.450. The number of rotatable bonds is 7. The molecule has 3 aromatic rings. The fourth-order valence-electron chi connectivity index (χ4n) is 3.39. The van der Waals surface area contributed by atoms with E-state index < -0.39 is 6.10 Å². The Labute approximate surface area is 149 Å². The molecule has 2 nitrogen and oxygen atoms in total. The van der Waals surface area contributed by atoms with Gasteiger partial charge in [-0.15, -0.1) is 0 Å². The van der Waals surface area contributed by atoms with Gasteiger partial charge in [0.25, 0.3) is 0 Å². The summed E-state index contributed by atoms with van der Waals surface area (Å²) in [7, 11) is 0. The normalized spacial score (nSPS) is 13.7. The molecular weight excluding hydrogens is 308 g/mol. The summed E-state index contributed by atoms with van der Waals surface area (Å²) in [6.07, 6.45) is 3.47. The molecule has 0 radical (unpaired) electrons. The number of aliphatic hydroxyl groups is 1. The highest BCUT2D eigenvalue weighted by molar-refractivity contribution is 5.82. The van der Waals surface area contributed by atoms with Crippen LogP contribution in [0.2, 0.25) is 0 Å². The maximum atomic E-state index is 10.3. The molecule has 0 aliphatic rings. The van der Waals surface area contributed by atoms with Crippen LogP contribution in [0.15, 0.2) is 66.7 Å². The zero-order valence-corrected chi connectivity index (χ0v) is 14.7. The molecule has 130 valence electrons. The van der Waals surface area contributed by atoms with Crippen molar-refractivity contribution in [1.29, 1.82) is 0 Å². The second kappa shape index (κ2) is 8.17. The summed E-state index contributed by atoms with van der Waals surface area (Å²) >= 11 is 0. The van der Waals surface area contributed by atoms with Crippen LogP contribution in [0.4, 0.5) is 0 Å². The van der Waals surface area contributed by atoms with E-state index in [1.54, 1.807) is 24.3 Å². The molecule has 2 atom stereocenters. The van der Waals surface area contributed by atoms with Crippen molar-refractivity contribution < 1.29 is 10.2 Å². The molecule has 0 bridgehead atoms. The Morgan fingerprint density at radius 3 is 2.32 bits per heavy atom. The van der Waals surface area contributed by atoms with Gasteiger partial charge in [-0.2, -0.15) is 0 Å². The van der Waals surface area contributed by atoms with Gasteiger partial charge in [-0.05, 0) is 52.8 Å². The smallest absolute Gasteiger partial charge is 0.115 e.